The summed E-state index contributed by atoms with van der Waals surface area (Å²) in [4.78, 5) is 14.6. The third-order valence-electron chi connectivity index (χ3n) is 4.70. The Kier molecular flexibility index (Phi) is 6.49. The van der Waals surface area contributed by atoms with E-state index in [1.54, 1.807) is 35.2 Å². The van der Waals surface area contributed by atoms with Crippen LogP contribution < -0.4 is 5.32 Å². The highest BCUT2D eigenvalue weighted by atomic mass is 35.5. The number of hydrogen-bond donors (Lipinski definition) is 1. The molecule has 1 saturated heterocycles. The van der Waals surface area contributed by atoms with Crippen LogP contribution in [-0.2, 0) is 10.0 Å². The van der Waals surface area contributed by atoms with E-state index in [1.165, 1.54) is 12.4 Å². The summed E-state index contributed by atoms with van der Waals surface area (Å²) in [7, 11) is -1.75. The summed E-state index contributed by atoms with van der Waals surface area (Å²) in [5.74, 6) is -0.118. The van der Waals surface area contributed by atoms with Gasteiger partial charge in [0, 0.05) is 31.5 Å². The van der Waals surface area contributed by atoms with Gasteiger partial charge in [-0.15, -0.1) is 12.4 Å². The third kappa shape index (κ3) is 4.11. The highest BCUT2D eigenvalue weighted by Crippen LogP contribution is 2.18. The molecule has 0 bridgehead atoms. The minimum absolute atomic E-state index is 0. The molecule has 1 aromatic heterocycles. The van der Waals surface area contributed by atoms with Crippen LogP contribution in [-0.4, -0.2) is 49.4 Å². The molecule has 0 saturated carbocycles. The van der Waals surface area contributed by atoms with Gasteiger partial charge in [-0.3, -0.25) is 4.79 Å². The molecule has 26 heavy (non-hydrogen) atoms. The van der Waals surface area contributed by atoms with Gasteiger partial charge in [-0.25, -0.2) is 12.4 Å². The van der Waals surface area contributed by atoms with Crippen molar-refractivity contribution in [3.05, 3.63) is 53.9 Å². The van der Waals surface area contributed by atoms with Crippen molar-refractivity contribution in [2.45, 2.75) is 30.7 Å². The van der Waals surface area contributed by atoms with Gasteiger partial charge in [0.25, 0.3) is 15.9 Å². The molecule has 1 aromatic carbocycles. The Morgan fingerprint density at radius 3 is 2.31 bits per heavy atom. The van der Waals surface area contributed by atoms with Gasteiger partial charge in [-0.05, 0) is 45.0 Å². The SMILES string of the molecule is CNC1CCN(C(=O)c2ccn(S(=O)(=O)c3ccc(C)cc3)c2)CC1.Cl. The number of benzene rings is 1. The molecule has 1 aliphatic heterocycles. The summed E-state index contributed by atoms with van der Waals surface area (Å²) < 4.78 is 26.5. The van der Waals surface area contributed by atoms with Gasteiger partial charge in [0.1, 0.15) is 0 Å². The summed E-state index contributed by atoms with van der Waals surface area (Å²) in [6.45, 7) is 3.26. The van der Waals surface area contributed by atoms with E-state index < -0.39 is 10.0 Å². The zero-order chi connectivity index (χ0) is 18.0. The van der Waals surface area contributed by atoms with Crippen molar-refractivity contribution in [2.24, 2.45) is 0 Å². The van der Waals surface area contributed by atoms with Crippen molar-refractivity contribution < 1.29 is 13.2 Å². The van der Waals surface area contributed by atoms with Crippen molar-refractivity contribution in [1.29, 1.82) is 0 Å². The second-order valence-corrected chi connectivity index (χ2v) is 8.25. The van der Waals surface area contributed by atoms with Crippen molar-refractivity contribution in [2.75, 3.05) is 20.1 Å². The smallest absolute Gasteiger partial charge is 0.267 e. The molecule has 142 valence electrons. The van der Waals surface area contributed by atoms with Gasteiger partial charge in [-0.1, -0.05) is 17.7 Å². The van der Waals surface area contributed by atoms with Crippen LogP contribution in [0.15, 0.2) is 47.6 Å². The highest BCUT2D eigenvalue weighted by Gasteiger charge is 2.24. The van der Waals surface area contributed by atoms with Crippen LogP contribution in [0.3, 0.4) is 0 Å². The number of carbonyl (C=O) groups is 1. The molecular weight excluding hydrogens is 374 g/mol. The fourth-order valence-corrected chi connectivity index (χ4v) is 4.24. The van der Waals surface area contributed by atoms with Crippen molar-refractivity contribution in [3.63, 3.8) is 0 Å². The summed E-state index contributed by atoms with van der Waals surface area (Å²) in [6, 6.07) is 8.68. The molecule has 0 radical (unpaired) electrons. The third-order valence-corrected chi connectivity index (χ3v) is 6.35. The van der Waals surface area contributed by atoms with Crippen LogP contribution in [0.5, 0.6) is 0 Å². The molecule has 8 heteroatoms. The summed E-state index contributed by atoms with van der Waals surface area (Å²) in [6.07, 6.45) is 4.65. The molecule has 0 aliphatic carbocycles. The average molecular weight is 398 g/mol. The van der Waals surface area contributed by atoms with Crippen molar-refractivity contribution >= 4 is 28.3 Å². The highest BCUT2D eigenvalue weighted by molar-refractivity contribution is 7.90. The van der Waals surface area contributed by atoms with E-state index in [-0.39, 0.29) is 23.2 Å². The van der Waals surface area contributed by atoms with Gasteiger partial charge in [-0.2, -0.15) is 0 Å². The largest absolute Gasteiger partial charge is 0.338 e. The van der Waals surface area contributed by atoms with E-state index >= 15 is 0 Å². The van der Waals surface area contributed by atoms with E-state index in [2.05, 4.69) is 5.32 Å². The predicted octanol–water partition coefficient (Wildman–Crippen LogP) is 2.28. The number of rotatable bonds is 4. The fraction of sp³-hybridized carbons (Fsp3) is 0.389. The minimum atomic E-state index is -3.68. The zero-order valence-corrected chi connectivity index (χ0v) is 16.5. The number of amides is 1. The van der Waals surface area contributed by atoms with Crippen molar-refractivity contribution in [1.82, 2.24) is 14.2 Å². The lowest BCUT2D eigenvalue weighted by Gasteiger charge is -2.31. The van der Waals surface area contributed by atoms with Crippen LogP contribution in [0.4, 0.5) is 0 Å². The van der Waals surface area contributed by atoms with E-state index in [0.29, 0.717) is 24.7 Å². The molecule has 0 atom stereocenters. The molecule has 2 heterocycles. The lowest BCUT2D eigenvalue weighted by molar-refractivity contribution is 0.0707. The molecular formula is C18H24ClN3O3S. The van der Waals surface area contributed by atoms with Gasteiger partial charge in [0.05, 0.1) is 10.5 Å². The Labute approximate surface area is 160 Å². The zero-order valence-electron chi connectivity index (χ0n) is 14.9. The quantitative estimate of drug-likeness (QED) is 0.859. The summed E-state index contributed by atoms with van der Waals surface area (Å²) in [5, 5.41) is 3.23. The first-order valence-corrected chi connectivity index (χ1v) is 9.82. The lowest BCUT2D eigenvalue weighted by atomic mass is 10.0. The second kappa shape index (κ2) is 8.24. The van der Waals surface area contributed by atoms with E-state index in [4.69, 9.17) is 0 Å². The number of piperidine rings is 1. The van der Waals surface area contributed by atoms with Crippen molar-refractivity contribution in [3.8, 4) is 0 Å². The van der Waals surface area contributed by atoms with Crippen LogP contribution in [0, 0.1) is 6.92 Å². The lowest BCUT2D eigenvalue weighted by Crippen LogP contribution is -2.43. The number of aryl methyl sites for hydroxylation is 1. The number of halogens is 1. The van der Waals surface area contributed by atoms with Crippen LogP contribution >= 0.6 is 12.4 Å². The molecule has 0 spiro atoms. The first-order chi connectivity index (χ1) is 11.9. The monoisotopic (exact) mass is 397 g/mol. The molecule has 2 aromatic rings. The number of nitrogens with zero attached hydrogens (tertiary/aromatic N) is 2. The first-order valence-electron chi connectivity index (χ1n) is 8.38. The summed E-state index contributed by atoms with van der Waals surface area (Å²) >= 11 is 0. The van der Waals surface area contributed by atoms with Gasteiger partial charge in [0.2, 0.25) is 0 Å². The maximum absolute atomic E-state index is 12.7. The Hall–Kier alpha value is -1.83. The molecule has 1 fully saturated rings. The van der Waals surface area contributed by atoms with Crippen LogP contribution in [0.2, 0.25) is 0 Å². The molecule has 6 nitrogen and oxygen atoms in total. The molecule has 1 aliphatic rings. The summed E-state index contributed by atoms with van der Waals surface area (Å²) in [5.41, 5.74) is 1.39. The number of nitrogens with one attached hydrogen (secondary N) is 1. The second-order valence-electron chi connectivity index (χ2n) is 6.40. The van der Waals surface area contributed by atoms with E-state index in [9.17, 15) is 13.2 Å². The molecule has 1 amide bonds. The predicted molar refractivity (Wildman–Crippen MR) is 103 cm³/mol. The minimum Gasteiger partial charge on any atom is -0.338 e. The van der Waals surface area contributed by atoms with Gasteiger partial charge >= 0.3 is 0 Å². The van der Waals surface area contributed by atoms with Crippen LogP contribution in [0.25, 0.3) is 0 Å². The molecule has 3 rings (SSSR count). The Bertz CT molecular complexity index is 854. The number of hydrogen-bond acceptors (Lipinski definition) is 4. The fourth-order valence-electron chi connectivity index (χ4n) is 3.04. The van der Waals surface area contributed by atoms with E-state index in [1.807, 2.05) is 14.0 Å². The van der Waals surface area contributed by atoms with E-state index in [0.717, 1.165) is 22.4 Å². The maximum Gasteiger partial charge on any atom is 0.267 e. The Morgan fingerprint density at radius 1 is 1.12 bits per heavy atom. The topological polar surface area (TPSA) is 71.4 Å². The molecule has 1 N–H and O–H groups in total. The first kappa shape index (κ1) is 20.5. The standard InChI is InChI=1S/C18H23N3O3S.ClH/c1-14-3-5-17(6-4-14)25(23,24)21-12-7-15(13-21)18(22)20-10-8-16(19-2)9-11-20;/h3-7,12-13,16,19H,8-11H2,1-2H3;1H. The van der Waals surface area contributed by atoms with Crippen LogP contribution in [0.1, 0.15) is 28.8 Å². The Balaban J connectivity index is 0.00000243. The number of likely N-dealkylation sites (tertiary alicyclic amines) is 1. The van der Waals surface area contributed by atoms with Gasteiger partial charge in [0.15, 0.2) is 0 Å². The normalized spacial score (nSPS) is 15.5. The Morgan fingerprint density at radius 2 is 1.73 bits per heavy atom. The number of aromatic nitrogens is 1. The number of carbonyl (C=O) groups excluding carboxylic acids is 1. The maximum atomic E-state index is 12.7. The average Bonchev–Trinajstić information content (AvgIpc) is 3.12. The molecule has 0 unspecified atom stereocenters. The van der Waals surface area contributed by atoms with Gasteiger partial charge < -0.3 is 10.2 Å².